The summed E-state index contributed by atoms with van der Waals surface area (Å²) >= 11 is 6.33. The fraction of sp³-hybridized carbons (Fsp3) is 0.125. The molecule has 3 rings (SSSR count). The van der Waals surface area contributed by atoms with Crippen molar-refractivity contribution in [2.75, 3.05) is 0 Å². The molecule has 0 bridgehead atoms. The summed E-state index contributed by atoms with van der Waals surface area (Å²) in [4.78, 5) is 8.91. The summed E-state index contributed by atoms with van der Waals surface area (Å²) < 4.78 is 7.55. The lowest BCUT2D eigenvalue weighted by Crippen LogP contribution is -2.07. The van der Waals surface area contributed by atoms with Crippen LogP contribution in [0.15, 0.2) is 40.1 Å². The highest BCUT2D eigenvalue weighted by atomic mass is 32.1. The molecule has 2 heterocycles. The second-order valence-electron chi connectivity index (χ2n) is 5.02. The number of aromatic nitrogens is 1. The second kappa shape index (κ2) is 6.39. The van der Waals surface area contributed by atoms with Crippen molar-refractivity contribution in [1.29, 1.82) is 5.26 Å². The number of thiazole rings is 1. The molecular formula is C16H12N4O2S2. The topological polar surface area (TPSA) is 82.9 Å². The average Bonchev–Trinajstić information content (AvgIpc) is 3.06. The average molecular weight is 356 g/mol. The van der Waals surface area contributed by atoms with Gasteiger partial charge in [-0.3, -0.25) is 4.57 Å². The first-order valence-electron chi connectivity index (χ1n) is 6.91. The molecule has 1 aliphatic heterocycles. The summed E-state index contributed by atoms with van der Waals surface area (Å²) in [5.41, 5.74) is 1.86. The molecule has 120 valence electrons. The van der Waals surface area contributed by atoms with Gasteiger partial charge in [-0.2, -0.15) is 10.3 Å². The van der Waals surface area contributed by atoms with E-state index in [-0.39, 0.29) is 23.4 Å². The van der Waals surface area contributed by atoms with Crippen LogP contribution in [-0.2, 0) is 11.8 Å². The Morgan fingerprint density at radius 2 is 2.12 bits per heavy atom. The Morgan fingerprint density at radius 1 is 1.42 bits per heavy atom. The lowest BCUT2D eigenvalue weighted by atomic mass is 10.2. The van der Waals surface area contributed by atoms with Gasteiger partial charge in [0.1, 0.15) is 6.07 Å². The van der Waals surface area contributed by atoms with Gasteiger partial charge in [0.15, 0.2) is 3.95 Å². The quantitative estimate of drug-likeness (QED) is 0.829. The van der Waals surface area contributed by atoms with Gasteiger partial charge in [-0.25, -0.2) is 4.99 Å². The number of aliphatic imine (C=N–C) groups is 2. The zero-order valence-electron chi connectivity index (χ0n) is 12.8. The summed E-state index contributed by atoms with van der Waals surface area (Å²) in [7, 11) is 1.67. The number of ether oxygens (including phenoxy) is 1. The van der Waals surface area contributed by atoms with Gasteiger partial charge >= 0.3 is 0 Å². The van der Waals surface area contributed by atoms with Crippen molar-refractivity contribution in [1.82, 2.24) is 4.57 Å². The number of hydrogen-bond acceptors (Lipinski definition) is 7. The molecule has 1 aromatic carbocycles. The number of hydrogen-bond donors (Lipinski definition) is 1. The van der Waals surface area contributed by atoms with Crippen LogP contribution in [0, 0.1) is 22.2 Å². The van der Waals surface area contributed by atoms with Gasteiger partial charge < -0.3 is 9.84 Å². The first-order valence-corrected chi connectivity index (χ1v) is 8.13. The molecule has 0 fully saturated rings. The summed E-state index contributed by atoms with van der Waals surface area (Å²) in [6.07, 6.45) is 1.53. The SMILES string of the molecule is Cc1ccc(N=C2O/C(=C/c3sc(=S)n(C)c3O)N=C2C#N)cc1. The number of aryl methyl sites for hydroxylation is 1. The lowest BCUT2D eigenvalue weighted by molar-refractivity contribution is 0.426. The Morgan fingerprint density at radius 3 is 2.71 bits per heavy atom. The molecule has 1 aromatic heterocycles. The maximum Gasteiger partial charge on any atom is 0.258 e. The van der Waals surface area contributed by atoms with E-state index in [1.807, 2.05) is 37.3 Å². The molecule has 24 heavy (non-hydrogen) atoms. The molecule has 2 aromatic rings. The Balaban J connectivity index is 1.94. The molecule has 0 atom stereocenters. The molecule has 6 nitrogen and oxygen atoms in total. The molecule has 1 aliphatic rings. The zero-order valence-corrected chi connectivity index (χ0v) is 14.5. The highest BCUT2D eigenvalue weighted by Crippen LogP contribution is 2.29. The third-order valence-electron chi connectivity index (χ3n) is 3.26. The highest BCUT2D eigenvalue weighted by molar-refractivity contribution is 7.73. The van der Waals surface area contributed by atoms with E-state index in [0.717, 1.165) is 5.56 Å². The van der Waals surface area contributed by atoms with E-state index in [0.29, 0.717) is 14.5 Å². The lowest BCUT2D eigenvalue weighted by Gasteiger charge is -1.99. The van der Waals surface area contributed by atoms with E-state index >= 15 is 0 Å². The van der Waals surface area contributed by atoms with Gasteiger partial charge in [0.25, 0.3) is 5.90 Å². The summed E-state index contributed by atoms with van der Waals surface area (Å²) in [6, 6.07) is 9.46. The first-order chi connectivity index (χ1) is 11.5. The van der Waals surface area contributed by atoms with E-state index in [4.69, 9.17) is 17.0 Å². The first kappa shape index (κ1) is 16.1. The van der Waals surface area contributed by atoms with Crippen LogP contribution in [0.1, 0.15) is 10.4 Å². The van der Waals surface area contributed by atoms with E-state index in [1.54, 1.807) is 7.05 Å². The molecule has 0 spiro atoms. The predicted octanol–water partition coefficient (Wildman–Crippen LogP) is 3.85. The Hall–Kier alpha value is -2.76. The minimum Gasteiger partial charge on any atom is -0.493 e. The minimum atomic E-state index is 0.0266. The second-order valence-corrected chi connectivity index (χ2v) is 6.70. The van der Waals surface area contributed by atoms with Gasteiger partial charge in [-0.05, 0) is 31.3 Å². The molecular weight excluding hydrogens is 344 g/mol. The van der Waals surface area contributed by atoms with Crippen LogP contribution in [0.2, 0.25) is 0 Å². The number of benzene rings is 1. The van der Waals surface area contributed by atoms with Crippen molar-refractivity contribution in [2.45, 2.75) is 6.92 Å². The molecule has 0 unspecified atom stereocenters. The summed E-state index contributed by atoms with van der Waals surface area (Å²) in [5, 5.41) is 19.2. The fourth-order valence-corrected chi connectivity index (χ4v) is 3.10. The van der Waals surface area contributed by atoms with Gasteiger partial charge in [0.05, 0.1) is 10.6 Å². The monoisotopic (exact) mass is 356 g/mol. The molecule has 0 saturated heterocycles. The van der Waals surface area contributed by atoms with E-state index in [1.165, 1.54) is 22.0 Å². The normalized spacial score (nSPS) is 17.0. The van der Waals surface area contributed by atoms with Gasteiger partial charge in [-0.1, -0.05) is 17.7 Å². The number of aromatic hydroxyl groups is 1. The van der Waals surface area contributed by atoms with Gasteiger partial charge in [0.2, 0.25) is 17.5 Å². The van der Waals surface area contributed by atoms with Crippen LogP contribution in [0.25, 0.3) is 6.08 Å². The Kier molecular flexibility index (Phi) is 4.29. The number of rotatable bonds is 2. The van der Waals surface area contributed by atoms with Crippen LogP contribution >= 0.6 is 23.6 Å². The highest BCUT2D eigenvalue weighted by Gasteiger charge is 2.22. The van der Waals surface area contributed by atoms with Gasteiger partial charge in [0, 0.05) is 13.1 Å². The molecule has 8 heteroatoms. The third kappa shape index (κ3) is 3.13. The molecule has 1 N–H and O–H groups in total. The molecule has 0 amide bonds. The maximum atomic E-state index is 9.99. The van der Waals surface area contributed by atoms with Crippen molar-refractivity contribution in [3.63, 3.8) is 0 Å². The van der Waals surface area contributed by atoms with Crippen molar-refractivity contribution in [3.8, 4) is 11.9 Å². The van der Waals surface area contributed by atoms with Crippen molar-refractivity contribution >= 4 is 46.9 Å². The summed E-state index contributed by atoms with van der Waals surface area (Å²) in [5.74, 6) is 0.343. The maximum absolute atomic E-state index is 9.99. The fourth-order valence-electron chi connectivity index (χ4n) is 1.94. The van der Waals surface area contributed by atoms with Crippen LogP contribution in [-0.4, -0.2) is 21.3 Å². The number of nitrogens with zero attached hydrogens (tertiary/aromatic N) is 4. The molecule has 0 saturated carbocycles. The van der Waals surface area contributed by atoms with Crippen molar-refractivity contribution in [3.05, 3.63) is 44.5 Å². The smallest absolute Gasteiger partial charge is 0.258 e. The Labute approximate surface area is 147 Å². The van der Waals surface area contributed by atoms with Gasteiger partial charge in [-0.15, -0.1) is 11.3 Å². The largest absolute Gasteiger partial charge is 0.493 e. The van der Waals surface area contributed by atoms with Crippen LogP contribution in [0.5, 0.6) is 5.88 Å². The number of nitriles is 1. The van der Waals surface area contributed by atoms with Crippen LogP contribution in [0.3, 0.4) is 0 Å². The predicted molar refractivity (Wildman–Crippen MR) is 96.2 cm³/mol. The van der Waals surface area contributed by atoms with Crippen LogP contribution < -0.4 is 0 Å². The van der Waals surface area contributed by atoms with Crippen LogP contribution in [0.4, 0.5) is 5.69 Å². The summed E-state index contributed by atoms with van der Waals surface area (Å²) in [6.45, 7) is 1.98. The van der Waals surface area contributed by atoms with E-state index < -0.39 is 0 Å². The zero-order chi connectivity index (χ0) is 17.3. The van der Waals surface area contributed by atoms with E-state index in [2.05, 4.69) is 9.98 Å². The third-order valence-corrected chi connectivity index (χ3v) is 4.75. The van der Waals surface area contributed by atoms with Crippen molar-refractivity contribution in [2.24, 2.45) is 17.0 Å². The Bertz CT molecular complexity index is 989. The van der Waals surface area contributed by atoms with Crippen molar-refractivity contribution < 1.29 is 9.84 Å². The molecule has 0 radical (unpaired) electrons. The standard InChI is InChI=1S/C16H12N4O2S2/c1-9-3-5-10(6-4-9)18-14-11(8-17)19-13(22-14)7-12-15(21)20(2)16(23)24-12/h3-7,21H,1-2H3/b13-7+,18-14?. The molecule has 0 aliphatic carbocycles. The minimum absolute atomic E-state index is 0.0266. The van der Waals surface area contributed by atoms with E-state index in [9.17, 15) is 10.4 Å².